The van der Waals surface area contributed by atoms with Crippen molar-refractivity contribution in [1.82, 2.24) is 4.90 Å². The molecule has 0 spiro atoms. The van der Waals surface area contributed by atoms with Crippen molar-refractivity contribution in [2.45, 2.75) is 78.7 Å². The van der Waals surface area contributed by atoms with Gasteiger partial charge in [0.1, 0.15) is 12.1 Å². The number of carbonyl (C=O) groups excluding carboxylic acids is 2. The molecule has 0 bridgehead atoms. The van der Waals surface area contributed by atoms with Crippen molar-refractivity contribution in [3.8, 4) is 0 Å². The standard InChI is InChI=1S/C14H21NO.C7H14.C3H6O/c1-11-7-5-6-8-12(2)10-15(4)14(9-11)13(3)16;1-7-5-3-2-4-6-7;1-2-3-4/h5-8,12,14H,1,9-10H2,2-4H3;7H,2-6H2,1H3;3H,2H2,1H3/b7-5-,8-6-;;. The summed E-state index contributed by atoms with van der Waals surface area (Å²) in [6.07, 6.45) is 17.9. The van der Waals surface area contributed by atoms with E-state index in [9.17, 15) is 9.59 Å². The third kappa shape index (κ3) is 13.4. The van der Waals surface area contributed by atoms with Gasteiger partial charge in [-0.2, -0.15) is 0 Å². The van der Waals surface area contributed by atoms with Crippen molar-refractivity contribution in [2.24, 2.45) is 11.8 Å². The van der Waals surface area contributed by atoms with Crippen LogP contribution in [-0.2, 0) is 9.59 Å². The van der Waals surface area contributed by atoms with Crippen molar-refractivity contribution in [3.63, 3.8) is 0 Å². The molecule has 154 valence electrons. The van der Waals surface area contributed by atoms with Gasteiger partial charge < -0.3 is 4.79 Å². The fraction of sp³-hybridized carbons (Fsp3) is 0.667. The molecule has 1 heterocycles. The summed E-state index contributed by atoms with van der Waals surface area (Å²) in [5.74, 6) is 1.71. The molecule has 0 radical (unpaired) electrons. The smallest absolute Gasteiger partial charge is 0.147 e. The Morgan fingerprint density at radius 1 is 1.22 bits per heavy atom. The molecule has 2 unspecified atom stereocenters. The Morgan fingerprint density at radius 3 is 2.26 bits per heavy atom. The summed E-state index contributed by atoms with van der Waals surface area (Å²) in [4.78, 5) is 22.9. The summed E-state index contributed by atoms with van der Waals surface area (Å²) in [7, 11) is 2.01. The van der Waals surface area contributed by atoms with E-state index >= 15 is 0 Å². The van der Waals surface area contributed by atoms with Crippen LogP contribution in [-0.4, -0.2) is 36.6 Å². The Balaban J connectivity index is 0.000000503. The second kappa shape index (κ2) is 15.6. The number of Topliss-reactive ketones (excluding diaryl/α,β-unsaturated/α-hetero) is 1. The van der Waals surface area contributed by atoms with Gasteiger partial charge in [-0.1, -0.05) is 89.3 Å². The molecule has 0 N–H and O–H groups in total. The molecule has 1 aliphatic carbocycles. The number of ketones is 1. The lowest BCUT2D eigenvalue weighted by Gasteiger charge is -2.28. The Labute approximate surface area is 167 Å². The molecule has 2 aliphatic rings. The maximum absolute atomic E-state index is 11.6. The average Bonchev–Trinajstić information content (AvgIpc) is 2.64. The first-order valence-corrected chi connectivity index (χ1v) is 10.5. The van der Waals surface area contributed by atoms with E-state index < -0.39 is 0 Å². The minimum absolute atomic E-state index is 0.0360. The summed E-state index contributed by atoms with van der Waals surface area (Å²) in [6, 6.07) is -0.0360. The first-order chi connectivity index (χ1) is 12.8. The summed E-state index contributed by atoms with van der Waals surface area (Å²) in [5.41, 5.74) is 1.01. The molecular weight excluding hydrogens is 334 g/mol. The van der Waals surface area contributed by atoms with Crippen LogP contribution in [0.4, 0.5) is 0 Å². The largest absolute Gasteiger partial charge is 0.303 e. The Kier molecular flexibility index (Phi) is 14.7. The summed E-state index contributed by atoms with van der Waals surface area (Å²) < 4.78 is 0. The first kappa shape index (κ1) is 25.5. The number of likely N-dealkylation sites (N-methyl/N-ethyl adjacent to an activating group) is 1. The molecule has 0 saturated heterocycles. The van der Waals surface area contributed by atoms with Crippen LogP contribution in [0.25, 0.3) is 0 Å². The summed E-state index contributed by atoms with van der Waals surface area (Å²) in [5, 5.41) is 0. The molecule has 0 amide bonds. The average molecular weight is 376 g/mol. The van der Waals surface area contributed by atoms with Gasteiger partial charge in [0.15, 0.2) is 0 Å². The number of hydrogen-bond donors (Lipinski definition) is 0. The topological polar surface area (TPSA) is 37.4 Å². The van der Waals surface area contributed by atoms with Crippen molar-refractivity contribution in [2.75, 3.05) is 13.6 Å². The van der Waals surface area contributed by atoms with Crippen molar-refractivity contribution < 1.29 is 9.59 Å². The van der Waals surface area contributed by atoms with Crippen LogP contribution in [0.3, 0.4) is 0 Å². The number of carbonyl (C=O) groups is 2. The Morgan fingerprint density at radius 2 is 1.81 bits per heavy atom. The van der Waals surface area contributed by atoms with Crippen LogP contribution in [0.2, 0.25) is 0 Å². The minimum Gasteiger partial charge on any atom is -0.303 e. The minimum atomic E-state index is -0.0360. The number of aldehydes is 1. The molecular formula is C24H41NO2. The van der Waals surface area contributed by atoms with Crippen LogP contribution in [0.5, 0.6) is 0 Å². The highest BCUT2D eigenvalue weighted by molar-refractivity contribution is 5.81. The lowest BCUT2D eigenvalue weighted by atomic mass is 9.91. The molecule has 2 atom stereocenters. The van der Waals surface area contributed by atoms with Gasteiger partial charge in [-0.15, -0.1) is 0 Å². The second-order valence-electron chi connectivity index (χ2n) is 7.97. The molecule has 3 nitrogen and oxygen atoms in total. The lowest BCUT2D eigenvalue weighted by molar-refractivity contribution is -0.121. The molecule has 1 aliphatic heterocycles. The molecule has 0 aromatic rings. The van der Waals surface area contributed by atoms with Gasteiger partial charge in [0, 0.05) is 13.0 Å². The fourth-order valence-electron chi connectivity index (χ4n) is 3.32. The van der Waals surface area contributed by atoms with Crippen molar-refractivity contribution >= 4 is 12.1 Å². The zero-order valence-corrected chi connectivity index (χ0v) is 18.2. The predicted octanol–water partition coefficient (Wildman–Crippen LogP) is 5.77. The van der Waals surface area contributed by atoms with E-state index in [0.29, 0.717) is 12.3 Å². The Bertz CT molecular complexity index is 487. The number of rotatable bonds is 2. The normalized spacial score (nSPS) is 26.5. The van der Waals surface area contributed by atoms with E-state index in [1.165, 1.54) is 32.1 Å². The van der Waals surface area contributed by atoms with Gasteiger partial charge in [0.25, 0.3) is 0 Å². The van der Waals surface area contributed by atoms with Crippen molar-refractivity contribution in [1.29, 1.82) is 0 Å². The van der Waals surface area contributed by atoms with E-state index in [1.807, 2.05) is 26.1 Å². The number of nitrogens with zero attached hydrogens (tertiary/aromatic N) is 1. The highest BCUT2D eigenvalue weighted by atomic mass is 16.1. The predicted molar refractivity (Wildman–Crippen MR) is 117 cm³/mol. The quantitative estimate of drug-likeness (QED) is 0.575. The van der Waals surface area contributed by atoms with Crippen LogP contribution < -0.4 is 0 Å². The lowest BCUT2D eigenvalue weighted by Crippen LogP contribution is -2.39. The highest BCUT2D eigenvalue weighted by Crippen LogP contribution is 2.22. The van der Waals surface area contributed by atoms with Gasteiger partial charge in [-0.25, -0.2) is 0 Å². The van der Waals surface area contributed by atoms with Crippen LogP contribution in [0.15, 0.2) is 36.5 Å². The molecule has 0 aromatic carbocycles. The van der Waals surface area contributed by atoms with Gasteiger partial charge >= 0.3 is 0 Å². The van der Waals surface area contributed by atoms with E-state index in [-0.39, 0.29) is 11.8 Å². The molecule has 1 saturated carbocycles. The van der Waals surface area contributed by atoms with Crippen molar-refractivity contribution in [3.05, 3.63) is 36.5 Å². The number of allylic oxidation sites excluding steroid dienone is 3. The first-order valence-electron chi connectivity index (χ1n) is 10.5. The molecule has 27 heavy (non-hydrogen) atoms. The van der Waals surface area contributed by atoms with E-state index in [1.54, 1.807) is 6.92 Å². The van der Waals surface area contributed by atoms with Crippen LogP contribution in [0, 0.1) is 11.8 Å². The van der Waals surface area contributed by atoms with Gasteiger partial charge in [0.05, 0.1) is 6.04 Å². The van der Waals surface area contributed by atoms with Crippen LogP contribution in [0.1, 0.15) is 72.6 Å². The number of hydrogen-bond acceptors (Lipinski definition) is 3. The van der Waals surface area contributed by atoms with E-state index in [0.717, 1.165) is 30.7 Å². The van der Waals surface area contributed by atoms with E-state index in [4.69, 9.17) is 0 Å². The molecule has 2 rings (SSSR count). The molecule has 0 aromatic heterocycles. The van der Waals surface area contributed by atoms with E-state index in [2.05, 4.69) is 37.5 Å². The Hall–Kier alpha value is -1.48. The SMILES string of the molecule is C=C1/C=C\C=C/C(C)CN(C)C(C(C)=O)C1.CC1CCCCC1.CCC=O. The fourth-order valence-corrected chi connectivity index (χ4v) is 3.32. The maximum Gasteiger partial charge on any atom is 0.147 e. The zero-order valence-electron chi connectivity index (χ0n) is 18.2. The monoisotopic (exact) mass is 375 g/mol. The third-order valence-corrected chi connectivity index (χ3v) is 4.98. The molecule has 1 fully saturated rings. The highest BCUT2D eigenvalue weighted by Gasteiger charge is 2.21. The second-order valence-corrected chi connectivity index (χ2v) is 7.97. The summed E-state index contributed by atoms with van der Waals surface area (Å²) >= 11 is 0. The zero-order chi connectivity index (χ0) is 20.7. The maximum atomic E-state index is 11.6. The summed E-state index contributed by atoms with van der Waals surface area (Å²) in [6.45, 7) is 12.9. The van der Waals surface area contributed by atoms with Gasteiger partial charge in [-0.3, -0.25) is 9.69 Å². The third-order valence-electron chi connectivity index (χ3n) is 4.98. The molecule has 3 heteroatoms. The van der Waals surface area contributed by atoms with Gasteiger partial charge in [0.2, 0.25) is 0 Å². The van der Waals surface area contributed by atoms with Gasteiger partial charge in [-0.05, 0) is 32.2 Å². The van der Waals surface area contributed by atoms with Crippen LogP contribution >= 0.6 is 0 Å².